The number of hydrogen-bond donors (Lipinski definition) is 2. The summed E-state index contributed by atoms with van der Waals surface area (Å²) in [6.07, 6.45) is 2.58. The highest BCUT2D eigenvalue weighted by Gasteiger charge is 2.06. The quantitative estimate of drug-likeness (QED) is 0.771. The van der Waals surface area contributed by atoms with Crippen molar-refractivity contribution in [2.75, 3.05) is 39.0 Å². The summed E-state index contributed by atoms with van der Waals surface area (Å²) in [5.74, 6) is -0.149. The Bertz CT molecular complexity index is 641. The third-order valence-electron chi connectivity index (χ3n) is 3.50. The number of likely N-dealkylation sites (N-methyl/N-ethyl adjacent to an activating group) is 1. The first-order valence-electron chi connectivity index (χ1n) is 7.92. The monoisotopic (exact) mass is 346 g/mol. The van der Waals surface area contributed by atoms with E-state index in [0.29, 0.717) is 12.2 Å². The van der Waals surface area contributed by atoms with Gasteiger partial charge in [0.2, 0.25) is 0 Å². The van der Waals surface area contributed by atoms with E-state index >= 15 is 0 Å². The minimum absolute atomic E-state index is 0.149. The summed E-state index contributed by atoms with van der Waals surface area (Å²) < 4.78 is 0. The van der Waals surface area contributed by atoms with Crippen molar-refractivity contribution >= 4 is 23.2 Å². The van der Waals surface area contributed by atoms with Crippen LogP contribution in [0.15, 0.2) is 42.6 Å². The van der Waals surface area contributed by atoms with Crippen LogP contribution < -0.4 is 10.6 Å². The predicted octanol–water partition coefficient (Wildman–Crippen LogP) is 2.68. The van der Waals surface area contributed by atoms with Crippen LogP contribution in [0.5, 0.6) is 0 Å². The Morgan fingerprint density at radius 2 is 1.88 bits per heavy atom. The highest BCUT2D eigenvalue weighted by atomic mass is 35.5. The number of carbonyl (C=O) groups is 1. The number of amides is 1. The van der Waals surface area contributed by atoms with Crippen LogP contribution >= 0.6 is 11.6 Å². The lowest BCUT2D eigenvalue weighted by Crippen LogP contribution is -2.31. The van der Waals surface area contributed by atoms with Crippen molar-refractivity contribution in [1.82, 2.24) is 15.2 Å². The first-order chi connectivity index (χ1) is 11.5. The maximum Gasteiger partial charge on any atom is 0.269 e. The number of anilines is 1. The Balaban J connectivity index is 1.77. The normalized spacial score (nSPS) is 10.7. The molecule has 0 spiro atoms. The molecule has 0 unspecified atom stereocenters. The summed E-state index contributed by atoms with van der Waals surface area (Å²) in [5, 5.41) is 6.89. The number of halogens is 1. The lowest BCUT2D eigenvalue weighted by molar-refractivity contribution is 0.0946. The summed E-state index contributed by atoms with van der Waals surface area (Å²) in [6, 6.07) is 11.4. The molecular formula is C18H23ClN4O. The molecule has 1 aromatic carbocycles. The maximum atomic E-state index is 11.9. The maximum absolute atomic E-state index is 11.9. The summed E-state index contributed by atoms with van der Waals surface area (Å²) >= 11 is 5.87. The molecule has 2 N–H and O–H groups in total. The van der Waals surface area contributed by atoms with Gasteiger partial charge in [-0.3, -0.25) is 4.79 Å². The second-order valence-electron chi connectivity index (χ2n) is 5.79. The average Bonchev–Trinajstić information content (AvgIpc) is 2.57. The third kappa shape index (κ3) is 6.18. The van der Waals surface area contributed by atoms with Crippen molar-refractivity contribution in [3.63, 3.8) is 0 Å². The number of hydrogen-bond acceptors (Lipinski definition) is 4. The van der Waals surface area contributed by atoms with Crippen LogP contribution in [0.3, 0.4) is 0 Å². The zero-order chi connectivity index (χ0) is 17.4. The molecule has 1 aromatic heterocycles. The van der Waals surface area contributed by atoms with E-state index in [1.165, 1.54) is 5.56 Å². The van der Waals surface area contributed by atoms with E-state index in [0.717, 1.165) is 30.2 Å². The fraction of sp³-hybridized carbons (Fsp3) is 0.333. The Labute approximate surface area is 148 Å². The van der Waals surface area contributed by atoms with Gasteiger partial charge >= 0.3 is 0 Å². The Morgan fingerprint density at radius 3 is 2.50 bits per heavy atom. The fourth-order valence-electron chi connectivity index (χ4n) is 2.12. The molecule has 0 aliphatic rings. The Morgan fingerprint density at radius 1 is 1.12 bits per heavy atom. The molecule has 0 bridgehead atoms. The van der Waals surface area contributed by atoms with E-state index < -0.39 is 0 Å². The molecule has 0 radical (unpaired) electrons. The van der Waals surface area contributed by atoms with Gasteiger partial charge in [-0.25, -0.2) is 4.98 Å². The van der Waals surface area contributed by atoms with Crippen LogP contribution in [0.1, 0.15) is 16.1 Å². The molecule has 6 heteroatoms. The lowest BCUT2D eigenvalue weighted by Gasteiger charge is -2.10. The second-order valence-corrected chi connectivity index (χ2v) is 6.23. The average molecular weight is 347 g/mol. The van der Waals surface area contributed by atoms with Crippen molar-refractivity contribution in [3.8, 4) is 0 Å². The lowest BCUT2D eigenvalue weighted by atomic mass is 10.1. The molecule has 128 valence electrons. The zero-order valence-electron chi connectivity index (χ0n) is 14.1. The molecule has 1 heterocycles. The first-order valence-corrected chi connectivity index (χ1v) is 8.29. The predicted molar refractivity (Wildman–Crippen MR) is 98.8 cm³/mol. The third-order valence-corrected chi connectivity index (χ3v) is 3.75. The molecule has 0 fully saturated rings. The number of carbonyl (C=O) groups excluding carboxylic acids is 1. The van der Waals surface area contributed by atoms with Crippen molar-refractivity contribution in [1.29, 1.82) is 0 Å². The molecule has 2 rings (SSSR count). The molecule has 5 nitrogen and oxygen atoms in total. The van der Waals surface area contributed by atoms with Crippen molar-refractivity contribution < 1.29 is 4.79 Å². The van der Waals surface area contributed by atoms with Gasteiger partial charge in [-0.1, -0.05) is 23.7 Å². The van der Waals surface area contributed by atoms with Crippen molar-refractivity contribution in [2.45, 2.75) is 6.42 Å². The second kappa shape index (κ2) is 9.25. The van der Waals surface area contributed by atoms with Crippen LogP contribution in [0.25, 0.3) is 0 Å². The van der Waals surface area contributed by atoms with Crippen LogP contribution in [-0.4, -0.2) is 49.5 Å². The van der Waals surface area contributed by atoms with E-state index in [2.05, 4.69) is 15.6 Å². The van der Waals surface area contributed by atoms with Gasteiger partial charge in [-0.2, -0.15) is 0 Å². The number of nitrogens with one attached hydrogen (secondary N) is 2. The van der Waals surface area contributed by atoms with Gasteiger partial charge < -0.3 is 15.5 Å². The topological polar surface area (TPSA) is 57.3 Å². The molecule has 0 aliphatic carbocycles. The van der Waals surface area contributed by atoms with Gasteiger partial charge in [-0.15, -0.1) is 0 Å². The summed E-state index contributed by atoms with van der Waals surface area (Å²) in [4.78, 5) is 18.2. The smallest absolute Gasteiger partial charge is 0.269 e. The largest absolute Gasteiger partial charge is 0.383 e. The molecule has 1 amide bonds. The fourth-order valence-corrected chi connectivity index (χ4v) is 2.24. The number of rotatable bonds is 8. The highest BCUT2D eigenvalue weighted by Crippen LogP contribution is 2.11. The van der Waals surface area contributed by atoms with E-state index in [1.807, 2.05) is 49.3 Å². The minimum atomic E-state index is -0.149. The number of nitrogens with zero attached hydrogens (tertiary/aromatic N) is 2. The molecule has 2 aromatic rings. The standard InChI is InChI=1S/C18H23ClN4O/c1-23(2)12-11-21-18(24)17-8-7-16(13-22-17)20-10-9-14-3-5-15(19)6-4-14/h3-8,13,20H,9-12H2,1-2H3,(H,21,24). The van der Waals surface area contributed by atoms with Gasteiger partial charge in [0.15, 0.2) is 0 Å². The Hall–Kier alpha value is -2.11. The highest BCUT2D eigenvalue weighted by molar-refractivity contribution is 6.30. The summed E-state index contributed by atoms with van der Waals surface area (Å²) in [7, 11) is 3.93. The molecule has 0 saturated heterocycles. The summed E-state index contributed by atoms with van der Waals surface area (Å²) in [5.41, 5.74) is 2.54. The number of benzene rings is 1. The van der Waals surface area contributed by atoms with Gasteiger partial charge in [0.1, 0.15) is 5.69 Å². The van der Waals surface area contributed by atoms with E-state index in [1.54, 1.807) is 12.3 Å². The molecule has 0 atom stereocenters. The van der Waals surface area contributed by atoms with Crippen LogP contribution in [0, 0.1) is 0 Å². The van der Waals surface area contributed by atoms with Crippen LogP contribution in [0.2, 0.25) is 5.02 Å². The molecule has 0 aliphatic heterocycles. The molecule has 24 heavy (non-hydrogen) atoms. The number of pyridine rings is 1. The SMILES string of the molecule is CN(C)CCNC(=O)c1ccc(NCCc2ccc(Cl)cc2)cn1. The van der Waals surface area contributed by atoms with Crippen molar-refractivity contribution in [3.05, 3.63) is 58.9 Å². The Kier molecular flexibility index (Phi) is 7.03. The number of aromatic nitrogens is 1. The zero-order valence-corrected chi connectivity index (χ0v) is 14.8. The molecule has 0 saturated carbocycles. The van der Waals surface area contributed by atoms with E-state index in [9.17, 15) is 4.79 Å². The van der Waals surface area contributed by atoms with E-state index in [4.69, 9.17) is 11.6 Å². The minimum Gasteiger partial charge on any atom is -0.383 e. The molecular weight excluding hydrogens is 324 g/mol. The van der Waals surface area contributed by atoms with Crippen molar-refractivity contribution in [2.24, 2.45) is 0 Å². The van der Waals surface area contributed by atoms with Crippen LogP contribution in [-0.2, 0) is 6.42 Å². The summed E-state index contributed by atoms with van der Waals surface area (Å²) in [6.45, 7) is 2.20. The van der Waals surface area contributed by atoms with E-state index in [-0.39, 0.29) is 5.91 Å². The van der Waals surface area contributed by atoms with Crippen LogP contribution in [0.4, 0.5) is 5.69 Å². The van der Waals surface area contributed by atoms with Gasteiger partial charge in [0.05, 0.1) is 11.9 Å². The van der Waals surface area contributed by atoms with Gasteiger partial charge in [0.25, 0.3) is 5.91 Å². The van der Waals surface area contributed by atoms with Gasteiger partial charge in [-0.05, 0) is 50.3 Å². The van der Waals surface area contributed by atoms with Gasteiger partial charge in [0, 0.05) is 24.7 Å². The first kappa shape index (κ1) is 18.2.